The standard InChI is InChI=1S/C21H24BrNO4/c1-21(2,3)27-20(25)23-18(13-16-10-7-11-17(22)12-16)19(24)26-14-15-8-5-4-6-9-15/h4-12,18H,13-14H2,1-3H3,(H,23,25). The van der Waals surface area contributed by atoms with Crippen molar-refractivity contribution in [2.24, 2.45) is 0 Å². The molecule has 2 aromatic carbocycles. The Morgan fingerprint density at radius 3 is 2.33 bits per heavy atom. The van der Waals surface area contributed by atoms with Crippen LogP contribution in [0.15, 0.2) is 59.1 Å². The van der Waals surface area contributed by atoms with E-state index >= 15 is 0 Å². The van der Waals surface area contributed by atoms with Crippen LogP contribution in [0.3, 0.4) is 0 Å². The lowest BCUT2D eigenvalue weighted by molar-refractivity contribution is -0.147. The molecule has 0 aliphatic rings. The largest absolute Gasteiger partial charge is 0.459 e. The number of halogens is 1. The number of benzene rings is 2. The number of esters is 1. The third-order valence-corrected chi connectivity index (χ3v) is 4.02. The van der Waals surface area contributed by atoms with Gasteiger partial charge in [-0.25, -0.2) is 9.59 Å². The first-order valence-corrected chi connectivity index (χ1v) is 9.47. The molecule has 1 unspecified atom stereocenters. The lowest BCUT2D eigenvalue weighted by Gasteiger charge is -2.23. The average Bonchev–Trinajstić information content (AvgIpc) is 2.58. The molecule has 0 saturated carbocycles. The highest BCUT2D eigenvalue weighted by molar-refractivity contribution is 9.10. The zero-order valence-electron chi connectivity index (χ0n) is 15.7. The van der Waals surface area contributed by atoms with Gasteiger partial charge in [0.15, 0.2) is 0 Å². The normalized spacial score (nSPS) is 12.1. The monoisotopic (exact) mass is 433 g/mol. The van der Waals surface area contributed by atoms with Gasteiger partial charge in [0.25, 0.3) is 0 Å². The molecule has 0 saturated heterocycles. The zero-order chi connectivity index (χ0) is 19.9. The topological polar surface area (TPSA) is 64.6 Å². The molecule has 0 bridgehead atoms. The van der Waals surface area contributed by atoms with Crippen molar-refractivity contribution in [2.45, 2.75) is 45.4 Å². The van der Waals surface area contributed by atoms with Crippen molar-refractivity contribution in [2.75, 3.05) is 0 Å². The molecule has 2 rings (SSSR count). The SMILES string of the molecule is CC(C)(C)OC(=O)NC(Cc1cccc(Br)c1)C(=O)OCc1ccccc1. The van der Waals surface area contributed by atoms with E-state index in [4.69, 9.17) is 9.47 Å². The van der Waals surface area contributed by atoms with E-state index < -0.39 is 23.7 Å². The minimum Gasteiger partial charge on any atom is -0.459 e. The summed E-state index contributed by atoms with van der Waals surface area (Å²) in [7, 11) is 0. The van der Waals surface area contributed by atoms with Gasteiger partial charge in [-0.3, -0.25) is 0 Å². The molecule has 0 aliphatic carbocycles. The van der Waals surface area contributed by atoms with Gasteiger partial charge in [-0.15, -0.1) is 0 Å². The van der Waals surface area contributed by atoms with Crippen molar-refractivity contribution in [1.82, 2.24) is 5.32 Å². The molecule has 2 aromatic rings. The van der Waals surface area contributed by atoms with E-state index in [-0.39, 0.29) is 6.61 Å². The first-order chi connectivity index (χ1) is 12.7. The molecule has 27 heavy (non-hydrogen) atoms. The maximum Gasteiger partial charge on any atom is 0.408 e. The first-order valence-electron chi connectivity index (χ1n) is 8.67. The molecule has 0 aliphatic heterocycles. The van der Waals surface area contributed by atoms with Gasteiger partial charge in [0, 0.05) is 10.9 Å². The number of rotatable bonds is 6. The second-order valence-corrected chi connectivity index (χ2v) is 8.04. The molecule has 0 radical (unpaired) electrons. The Labute approximate surface area is 168 Å². The van der Waals surface area contributed by atoms with Crippen LogP contribution >= 0.6 is 15.9 Å². The van der Waals surface area contributed by atoms with Gasteiger partial charge in [-0.2, -0.15) is 0 Å². The molecule has 6 heteroatoms. The van der Waals surface area contributed by atoms with Crippen molar-refractivity contribution in [3.63, 3.8) is 0 Å². The quantitative estimate of drug-likeness (QED) is 0.674. The molecule has 0 heterocycles. The number of ether oxygens (including phenoxy) is 2. The van der Waals surface area contributed by atoms with Crippen molar-refractivity contribution >= 4 is 28.0 Å². The Balaban J connectivity index is 2.07. The number of carbonyl (C=O) groups excluding carboxylic acids is 2. The third kappa shape index (κ3) is 7.83. The second kappa shape index (κ2) is 9.55. The highest BCUT2D eigenvalue weighted by atomic mass is 79.9. The van der Waals surface area contributed by atoms with Crippen LogP contribution in [0.5, 0.6) is 0 Å². The lowest BCUT2D eigenvalue weighted by Crippen LogP contribution is -2.45. The number of alkyl carbamates (subject to hydrolysis) is 1. The minimum absolute atomic E-state index is 0.144. The summed E-state index contributed by atoms with van der Waals surface area (Å²) in [6, 6.07) is 16.1. The van der Waals surface area contributed by atoms with E-state index in [1.807, 2.05) is 54.6 Å². The van der Waals surface area contributed by atoms with E-state index in [0.29, 0.717) is 6.42 Å². The number of hydrogen-bond acceptors (Lipinski definition) is 4. The van der Waals surface area contributed by atoms with Crippen molar-refractivity contribution < 1.29 is 19.1 Å². The van der Waals surface area contributed by atoms with E-state index in [2.05, 4.69) is 21.2 Å². The summed E-state index contributed by atoms with van der Waals surface area (Å²) in [5.41, 5.74) is 1.12. The van der Waals surface area contributed by atoms with Gasteiger partial charge in [-0.1, -0.05) is 58.4 Å². The summed E-state index contributed by atoms with van der Waals surface area (Å²) in [6.07, 6.45) is -0.356. The molecule has 1 atom stereocenters. The van der Waals surface area contributed by atoms with Crippen LogP contribution in [0.25, 0.3) is 0 Å². The second-order valence-electron chi connectivity index (χ2n) is 7.13. The third-order valence-electron chi connectivity index (χ3n) is 3.53. The molecular weight excluding hydrogens is 410 g/mol. The maximum atomic E-state index is 12.6. The summed E-state index contributed by atoms with van der Waals surface area (Å²) >= 11 is 3.41. The van der Waals surface area contributed by atoms with Crippen LogP contribution in [0.2, 0.25) is 0 Å². The number of amides is 1. The van der Waals surface area contributed by atoms with E-state index in [1.165, 1.54) is 0 Å². The highest BCUT2D eigenvalue weighted by Crippen LogP contribution is 2.15. The van der Waals surface area contributed by atoms with Crippen molar-refractivity contribution in [3.8, 4) is 0 Å². The Morgan fingerprint density at radius 2 is 1.70 bits per heavy atom. The van der Waals surface area contributed by atoms with Crippen LogP contribution < -0.4 is 5.32 Å². The summed E-state index contributed by atoms with van der Waals surface area (Å²) in [5, 5.41) is 2.63. The van der Waals surface area contributed by atoms with Crippen LogP contribution in [-0.4, -0.2) is 23.7 Å². The van der Waals surface area contributed by atoms with Gasteiger partial charge < -0.3 is 14.8 Å². The van der Waals surface area contributed by atoms with Gasteiger partial charge in [0.05, 0.1) is 0 Å². The molecule has 5 nitrogen and oxygen atoms in total. The van der Waals surface area contributed by atoms with E-state index in [9.17, 15) is 9.59 Å². The summed E-state index contributed by atoms with van der Waals surface area (Å²) in [6.45, 7) is 5.45. The van der Waals surface area contributed by atoms with Gasteiger partial charge in [-0.05, 0) is 44.0 Å². The van der Waals surface area contributed by atoms with Crippen LogP contribution in [-0.2, 0) is 27.3 Å². The Hall–Kier alpha value is -2.34. The Kier molecular flexibility index (Phi) is 7.42. The molecule has 0 aromatic heterocycles. The predicted octanol–water partition coefficient (Wildman–Crippen LogP) is 4.63. The molecule has 144 valence electrons. The Morgan fingerprint density at radius 1 is 1.04 bits per heavy atom. The molecular formula is C21H24BrNO4. The average molecular weight is 434 g/mol. The smallest absolute Gasteiger partial charge is 0.408 e. The van der Waals surface area contributed by atoms with Crippen LogP contribution in [0.4, 0.5) is 4.79 Å². The molecule has 1 amide bonds. The first kappa shape index (κ1) is 21.0. The Bertz CT molecular complexity index is 771. The number of hydrogen-bond donors (Lipinski definition) is 1. The van der Waals surface area contributed by atoms with Gasteiger partial charge in [0.1, 0.15) is 18.2 Å². The lowest BCUT2D eigenvalue weighted by atomic mass is 10.1. The highest BCUT2D eigenvalue weighted by Gasteiger charge is 2.26. The minimum atomic E-state index is -0.849. The fraction of sp³-hybridized carbons (Fsp3) is 0.333. The van der Waals surface area contributed by atoms with E-state index in [1.54, 1.807) is 20.8 Å². The fourth-order valence-corrected chi connectivity index (χ4v) is 2.82. The number of carbonyl (C=O) groups is 2. The zero-order valence-corrected chi connectivity index (χ0v) is 17.3. The van der Waals surface area contributed by atoms with E-state index in [0.717, 1.165) is 15.6 Å². The molecule has 0 spiro atoms. The summed E-state index contributed by atoms with van der Waals surface area (Å²) in [4.78, 5) is 24.8. The van der Waals surface area contributed by atoms with Gasteiger partial charge >= 0.3 is 12.1 Å². The van der Waals surface area contributed by atoms with Crippen LogP contribution in [0.1, 0.15) is 31.9 Å². The van der Waals surface area contributed by atoms with Crippen molar-refractivity contribution in [1.29, 1.82) is 0 Å². The fourth-order valence-electron chi connectivity index (χ4n) is 2.37. The maximum absolute atomic E-state index is 12.6. The molecule has 0 fully saturated rings. The van der Waals surface area contributed by atoms with Crippen molar-refractivity contribution in [3.05, 3.63) is 70.2 Å². The van der Waals surface area contributed by atoms with Gasteiger partial charge in [0.2, 0.25) is 0 Å². The number of nitrogens with one attached hydrogen (secondary N) is 1. The summed E-state index contributed by atoms with van der Waals surface area (Å²) in [5.74, 6) is -0.510. The summed E-state index contributed by atoms with van der Waals surface area (Å²) < 4.78 is 11.6. The predicted molar refractivity (Wildman–Crippen MR) is 107 cm³/mol. The van der Waals surface area contributed by atoms with Crippen LogP contribution in [0, 0.1) is 0 Å². The molecule has 1 N–H and O–H groups in total.